The van der Waals surface area contributed by atoms with E-state index >= 15 is 0 Å². The normalized spacial score (nSPS) is 16.4. The maximum Gasteiger partial charge on any atom is 0.322 e. The van der Waals surface area contributed by atoms with Crippen LogP contribution in [0, 0.1) is 39.7 Å². The van der Waals surface area contributed by atoms with Crippen molar-refractivity contribution in [2.24, 2.45) is 18.4 Å². The highest BCUT2D eigenvalue weighted by molar-refractivity contribution is 7.16. The van der Waals surface area contributed by atoms with Crippen molar-refractivity contribution in [3.63, 3.8) is 0 Å². The number of nitrogens with zero attached hydrogens (tertiary/aromatic N) is 4. The quantitative estimate of drug-likeness (QED) is 0.617. The van der Waals surface area contributed by atoms with Gasteiger partial charge < -0.3 is 5.32 Å². The Morgan fingerprint density at radius 1 is 1.46 bits per heavy atom. The van der Waals surface area contributed by atoms with Crippen LogP contribution >= 0.6 is 11.3 Å². The summed E-state index contributed by atoms with van der Waals surface area (Å²) < 4.78 is 1.31. The molecule has 8 nitrogen and oxygen atoms in total. The van der Waals surface area contributed by atoms with E-state index in [0.29, 0.717) is 22.2 Å². The summed E-state index contributed by atoms with van der Waals surface area (Å²) in [5.74, 6) is -0.161. The van der Waals surface area contributed by atoms with Gasteiger partial charge in [-0.15, -0.1) is 11.3 Å². The zero-order valence-electron chi connectivity index (χ0n) is 16.6. The van der Waals surface area contributed by atoms with E-state index in [1.54, 1.807) is 14.0 Å². The van der Waals surface area contributed by atoms with Crippen molar-refractivity contribution in [3.05, 3.63) is 37.5 Å². The molecule has 148 valence electrons. The molecule has 0 bridgehead atoms. The minimum Gasteiger partial charge on any atom is -0.311 e. The van der Waals surface area contributed by atoms with Gasteiger partial charge in [0.2, 0.25) is 5.69 Å². The van der Waals surface area contributed by atoms with Gasteiger partial charge in [0.05, 0.1) is 10.5 Å². The number of nitro groups is 1. The van der Waals surface area contributed by atoms with Gasteiger partial charge >= 0.3 is 5.69 Å². The lowest BCUT2D eigenvalue weighted by Crippen LogP contribution is -2.26. The van der Waals surface area contributed by atoms with E-state index in [9.17, 15) is 20.2 Å². The van der Waals surface area contributed by atoms with E-state index in [1.807, 2.05) is 0 Å². The highest BCUT2D eigenvalue weighted by atomic mass is 32.1. The average Bonchev–Trinajstić information content (AvgIpc) is 3.10. The van der Waals surface area contributed by atoms with Crippen molar-refractivity contribution in [1.82, 2.24) is 9.78 Å². The van der Waals surface area contributed by atoms with Gasteiger partial charge in [-0.05, 0) is 43.1 Å². The fourth-order valence-electron chi connectivity index (χ4n) is 3.66. The predicted octanol–water partition coefficient (Wildman–Crippen LogP) is 3.97. The number of fused-ring (bicyclic) bond motifs is 1. The minimum atomic E-state index is -0.669. The Labute approximate surface area is 167 Å². The fraction of sp³-hybridized carbons (Fsp3) is 0.526. The third-order valence-electron chi connectivity index (χ3n) is 5.53. The number of hydrogen-bond acceptors (Lipinski definition) is 6. The monoisotopic (exact) mass is 401 g/mol. The largest absolute Gasteiger partial charge is 0.322 e. The van der Waals surface area contributed by atoms with Crippen LogP contribution in [-0.2, 0) is 19.9 Å². The zero-order chi connectivity index (χ0) is 20.8. The van der Waals surface area contributed by atoms with Gasteiger partial charge in [0, 0.05) is 11.9 Å². The van der Waals surface area contributed by atoms with Gasteiger partial charge in [0.1, 0.15) is 16.8 Å². The second kappa shape index (κ2) is 7.02. The molecule has 0 spiro atoms. The number of carbonyl (C=O) groups is 1. The van der Waals surface area contributed by atoms with Crippen LogP contribution in [-0.4, -0.2) is 20.6 Å². The van der Waals surface area contributed by atoms with Gasteiger partial charge in [-0.2, -0.15) is 10.4 Å². The Hall–Kier alpha value is -2.73. The Kier molecular flexibility index (Phi) is 5.02. The Balaban J connectivity index is 1.94. The van der Waals surface area contributed by atoms with Crippen LogP contribution in [0.3, 0.4) is 0 Å². The minimum absolute atomic E-state index is 0.171. The summed E-state index contributed by atoms with van der Waals surface area (Å²) in [5.41, 5.74) is 1.38. The molecule has 1 aliphatic rings. The van der Waals surface area contributed by atoms with Crippen LogP contribution in [0.1, 0.15) is 59.4 Å². The van der Waals surface area contributed by atoms with Gasteiger partial charge in [-0.25, -0.2) is 0 Å². The maximum absolute atomic E-state index is 12.7. The van der Waals surface area contributed by atoms with Crippen LogP contribution in [0.2, 0.25) is 0 Å². The molecule has 0 radical (unpaired) electrons. The summed E-state index contributed by atoms with van der Waals surface area (Å²) in [4.78, 5) is 24.6. The number of thiophene rings is 1. The molecule has 9 heteroatoms. The lowest BCUT2D eigenvalue weighted by Gasteiger charge is -2.33. The lowest BCUT2D eigenvalue weighted by molar-refractivity contribution is -0.385. The molecule has 1 unspecified atom stereocenters. The van der Waals surface area contributed by atoms with Crippen LogP contribution in [0.5, 0.6) is 0 Å². The first kappa shape index (κ1) is 20.0. The molecule has 1 aliphatic carbocycles. The topological polar surface area (TPSA) is 114 Å². The fourth-order valence-corrected chi connectivity index (χ4v) is 4.94. The maximum atomic E-state index is 12.7. The first-order valence-corrected chi connectivity index (χ1v) is 9.90. The molecule has 1 atom stereocenters. The molecule has 0 aromatic carbocycles. The number of amides is 1. The van der Waals surface area contributed by atoms with Crippen LogP contribution in [0.25, 0.3) is 0 Å². The summed E-state index contributed by atoms with van der Waals surface area (Å²) in [5, 5.41) is 28.1. The van der Waals surface area contributed by atoms with Crippen molar-refractivity contribution in [3.8, 4) is 6.07 Å². The summed E-state index contributed by atoms with van der Waals surface area (Å²) in [6.07, 6.45) is 2.67. The molecule has 0 saturated heterocycles. The van der Waals surface area contributed by atoms with Gasteiger partial charge in [-0.3, -0.25) is 19.6 Å². The summed E-state index contributed by atoms with van der Waals surface area (Å²) in [6.45, 7) is 8.19. The molecule has 3 rings (SSSR count). The predicted molar refractivity (Wildman–Crippen MR) is 107 cm³/mol. The van der Waals surface area contributed by atoms with Gasteiger partial charge in [0.15, 0.2) is 0 Å². The molecule has 2 aromatic rings. The second-order valence-electron chi connectivity index (χ2n) is 8.24. The van der Waals surface area contributed by atoms with Crippen LogP contribution < -0.4 is 5.32 Å². The standard InChI is InChI=1S/C19H23N5O3S/c1-10-16(24(26)27)15(22-23(10)5)17(25)21-18-13(9-20)12-7-6-11(19(2,3)4)8-14(12)28-18/h11H,6-8H2,1-5H3,(H,21,25). The van der Waals surface area contributed by atoms with Crippen molar-refractivity contribution in [2.75, 3.05) is 5.32 Å². The van der Waals surface area contributed by atoms with Crippen molar-refractivity contribution in [2.45, 2.75) is 47.0 Å². The number of hydrogen-bond donors (Lipinski definition) is 1. The first-order valence-electron chi connectivity index (χ1n) is 9.08. The smallest absolute Gasteiger partial charge is 0.311 e. The number of aromatic nitrogens is 2. The van der Waals surface area contributed by atoms with E-state index in [2.05, 4.69) is 37.3 Å². The zero-order valence-corrected chi connectivity index (χ0v) is 17.4. The van der Waals surface area contributed by atoms with Crippen molar-refractivity contribution in [1.29, 1.82) is 5.26 Å². The van der Waals surface area contributed by atoms with E-state index in [0.717, 1.165) is 29.7 Å². The van der Waals surface area contributed by atoms with Gasteiger partial charge in [-0.1, -0.05) is 20.8 Å². The number of aryl methyl sites for hydroxylation is 1. The van der Waals surface area contributed by atoms with Crippen molar-refractivity contribution >= 4 is 27.9 Å². The SMILES string of the molecule is Cc1c([N+](=O)[O-])c(C(=O)Nc2sc3c(c2C#N)CCC(C(C)(C)C)C3)nn1C. The molecule has 2 aromatic heterocycles. The molecule has 1 amide bonds. The molecule has 2 heterocycles. The highest BCUT2D eigenvalue weighted by Gasteiger charge is 2.34. The van der Waals surface area contributed by atoms with Crippen LogP contribution in [0.4, 0.5) is 10.7 Å². The third kappa shape index (κ3) is 3.40. The van der Waals surface area contributed by atoms with E-state index in [4.69, 9.17) is 0 Å². The number of nitriles is 1. The molecule has 0 saturated carbocycles. The Morgan fingerprint density at radius 2 is 2.14 bits per heavy atom. The molecular weight excluding hydrogens is 378 g/mol. The number of rotatable bonds is 3. The molecule has 0 fully saturated rings. The van der Waals surface area contributed by atoms with Crippen LogP contribution in [0.15, 0.2) is 0 Å². The summed E-state index contributed by atoms with van der Waals surface area (Å²) >= 11 is 1.40. The first-order chi connectivity index (χ1) is 13.0. The number of nitrogens with one attached hydrogen (secondary N) is 1. The van der Waals surface area contributed by atoms with Gasteiger partial charge in [0.25, 0.3) is 5.91 Å². The Bertz CT molecular complexity index is 1010. The van der Waals surface area contributed by atoms with Crippen molar-refractivity contribution < 1.29 is 9.72 Å². The summed E-state index contributed by atoms with van der Waals surface area (Å²) in [7, 11) is 1.55. The lowest BCUT2D eigenvalue weighted by atomic mass is 9.72. The molecular formula is C19H23N5O3S. The highest BCUT2D eigenvalue weighted by Crippen LogP contribution is 2.44. The summed E-state index contributed by atoms with van der Waals surface area (Å²) in [6, 6.07) is 2.20. The molecule has 1 N–H and O–H groups in total. The third-order valence-corrected chi connectivity index (χ3v) is 6.70. The van der Waals surface area contributed by atoms with E-state index in [-0.39, 0.29) is 16.8 Å². The number of anilines is 1. The molecule has 0 aliphatic heterocycles. The van der Waals surface area contributed by atoms with E-state index < -0.39 is 10.8 Å². The van der Waals surface area contributed by atoms with E-state index in [1.165, 1.54) is 16.0 Å². The number of carbonyl (C=O) groups excluding carboxylic acids is 1. The second-order valence-corrected chi connectivity index (χ2v) is 9.35. The molecule has 28 heavy (non-hydrogen) atoms. The average molecular weight is 401 g/mol. The Morgan fingerprint density at radius 3 is 2.71 bits per heavy atom.